The fraction of sp³-hybridized carbons (Fsp3) is 0.368. The van der Waals surface area contributed by atoms with Crippen molar-refractivity contribution in [2.75, 3.05) is 23.3 Å². The topological polar surface area (TPSA) is 71.2 Å². The molecule has 1 fully saturated rings. The Hall–Kier alpha value is -1.83. The number of nitrogens with zero attached hydrogens (tertiary/aromatic N) is 2. The van der Waals surface area contributed by atoms with Gasteiger partial charge in [0.25, 0.3) is 5.91 Å². The third kappa shape index (κ3) is 4.54. The molecule has 1 aromatic heterocycles. The van der Waals surface area contributed by atoms with Crippen LogP contribution in [0.2, 0.25) is 5.15 Å². The standard InChI is InChI=1S/C19H22ClFN4OS/c1-12-15(19(26)23-13-7-6-8-14(11-13)27-22)18(24-17(20)16(12)21)25-9-4-2-3-5-10-25/h6-8,11H,2-5,9-10,22H2,1H3,(H,23,26). The summed E-state index contributed by atoms with van der Waals surface area (Å²) in [5, 5.41) is 8.21. The second kappa shape index (κ2) is 8.91. The van der Waals surface area contributed by atoms with Crippen molar-refractivity contribution < 1.29 is 9.18 Å². The van der Waals surface area contributed by atoms with Gasteiger partial charge in [-0.05, 0) is 49.9 Å². The molecule has 27 heavy (non-hydrogen) atoms. The van der Waals surface area contributed by atoms with E-state index < -0.39 is 11.7 Å². The summed E-state index contributed by atoms with van der Waals surface area (Å²) in [5.74, 6) is -0.622. The number of nitrogens with two attached hydrogens (primary N) is 1. The molecular formula is C19H22ClFN4OS. The highest BCUT2D eigenvalue weighted by atomic mass is 35.5. The minimum absolute atomic E-state index is 0.204. The molecule has 1 aliphatic rings. The van der Waals surface area contributed by atoms with E-state index >= 15 is 0 Å². The summed E-state index contributed by atoms with van der Waals surface area (Å²) in [6.07, 6.45) is 4.28. The number of carbonyl (C=O) groups excluding carboxylic acids is 1. The highest BCUT2D eigenvalue weighted by Gasteiger charge is 2.26. The third-order valence-corrected chi connectivity index (χ3v) is 5.45. The van der Waals surface area contributed by atoms with Gasteiger partial charge in [-0.2, -0.15) is 0 Å². The molecule has 0 saturated carbocycles. The van der Waals surface area contributed by atoms with E-state index in [1.165, 1.54) is 0 Å². The van der Waals surface area contributed by atoms with E-state index in [1.54, 1.807) is 25.1 Å². The van der Waals surface area contributed by atoms with Crippen molar-refractivity contribution in [2.45, 2.75) is 37.5 Å². The Kier molecular flexibility index (Phi) is 6.57. The summed E-state index contributed by atoms with van der Waals surface area (Å²) in [5.41, 5.74) is 1.02. The van der Waals surface area contributed by atoms with Gasteiger partial charge in [-0.25, -0.2) is 9.37 Å². The van der Waals surface area contributed by atoms with E-state index in [9.17, 15) is 9.18 Å². The zero-order valence-corrected chi connectivity index (χ0v) is 16.7. The van der Waals surface area contributed by atoms with Gasteiger partial charge < -0.3 is 10.2 Å². The average molecular weight is 409 g/mol. The quantitative estimate of drug-likeness (QED) is 0.562. The van der Waals surface area contributed by atoms with E-state index in [1.807, 2.05) is 11.0 Å². The summed E-state index contributed by atoms with van der Waals surface area (Å²) >= 11 is 7.09. The lowest BCUT2D eigenvalue weighted by Gasteiger charge is -2.25. The van der Waals surface area contributed by atoms with E-state index in [2.05, 4.69) is 10.3 Å². The highest BCUT2D eigenvalue weighted by Crippen LogP contribution is 2.30. The number of rotatable bonds is 4. The normalized spacial score (nSPS) is 14.7. The van der Waals surface area contributed by atoms with Crippen LogP contribution in [-0.4, -0.2) is 24.0 Å². The fourth-order valence-electron chi connectivity index (χ4n) is 3.25. The number of carbonyl (C=O) groups is 1. The zero-order valence-electron chi connectivity index (χ0n) is 15.1. The number of amides is 1. The number of nitrogens with one attached hydrogen (secondary N) is 1. The molecular weight excluding hydrogens is 387 g/mol. The molecule has 1 saturated heterocycles. The molecule has 1 aliphatic heterocycles. The maximum atomic E-state index is 14.4. The predicted molar refractivity (Wildman–Crippen MR) is 109 cm³/mol. The van der Waals surface area contributed by atoms with Gasteiger partial charge >= 0.3 is 0 Å². The first-order valence-corrected chi connectivity index (χ1v) is 10.2. The zero-order chi connectivity index (χ0) is 19.4. The summed E-state index contributed by atoms with van der Waals surface area (Å²) < 4.78 is 14.4. The Labute approximate surface area is 167 Å². The lowest BCUT2D eigenvalue weighted by molar-refractivity contribution is 0.102. The van der Waals surface area contributed by atoms with Crippen LogP contribution in [0.25, 0.3) is 0 Å². The van der Waals surface area contributed by atoms with E-state index in [0.717, 1.165) is 55.6 Å². The predicted octanol–water partition coefficient (Wildman–Crippen LogP) is 4.78. The number of aromatic nitrogens is 1. The first-order valence-electron chi connectivity index (χ1n) is 8.90. The fourth-order valence-corrected chi connectivity index (χ4v) is 3.83. The molecule has 3 N–H and O–H groups in total. The summed E-state index contributed by atoms with van der Waals surface area (Å²) in [7, 11) is 0. The smallest absolute Gasteiger partial charge is 0.259 e. The number of pyridine rings is 1. The maximum absolute atomic E-state index is 14.4. The Morgan fingerprint density at radius 1 is 1.30 bits per heavy atom. The average Bonchev–Trinajstić information content (AvgIpc) is 2.95. The van der Waals surface area contributed by atoms with Crippen LogP contribution in [0.3, 0.4) is 0 Å². The third-order valence-electron chi connectivity index (χ3n) is 4.67. The van der Waals surface area contributed by atoms with Gasteiger partial charge in [0.05, 0.1) is 5.56 Å². The van der Waals surface area contributed by atoms with Crippen LogP contribution in [0.5, 0.6) is 0 Å². The van der Waals surface area contributed by atoms with Crippen LogP contribution < -0.4 is 15.4 Å². The lowest BCUT2D eigenvalue weighted by Crippen LogP contribution is -2.29. The van der Waals surface area contributed by atoms with Crippen LogP contribution in [-0.2, 0) is 0 Å². The molecule has 0 aliphatic carbocycles. The van der Waals surface area contributed by atoms with Crippen LogP contribution in [0.1, 0.15) is 41.6 Å². The second-order valence-corrected chi connectivity index (χ2v) is 7.61. The summed E-state index contributed by atoms with van der Waals surface area (Å²) in [6, 6.07) is 7.17. The molecule has 0 atom stereocenters. The number of hydrogen-bond donors (Lipinski definition) is 2. The molecule has 0 spiro atoms. The first kappa shape index (κ1) is 19.9. The molecule has 8 heteroatoms. The minimum atomic E-state index is -0.661. The van der Waals surface area contributed by atoms with Gasteiger partial charge in [0.1, 0.15) is 5.82 Å². The van der Waals surface area contributed by atoms with Crippen LogP contribution >= 0.6 is 23.5 Å². The number of benzene rings is 1. The first-order chi connectivity index (χ1) is 13.0. The lowest BCUT2D eigenvalue weighted by atomic mass is 10.1. The largest absolute Gasteiger partial charge is 0.356 e. The Bertz CT molecular complexity index is 841. The Balaban J connectivity index is 1.99. The van der Waals surface area contributed by atoms with Crippen molar-refractivity contribution in [1.29, 1.82) is 0 Å². The van der Waals surface area contributed by atoms with Gasteiger partial charge in [-0.3, -0.25) is 9.93 Å². The van der Waals surface area contributed by atoms with Crippen LogP contribution in [0, 0.1) is 12.7 Å². The number of halogens is 2. The van der Waals surface area contributed by atoms with Gasteiger partial charge in [-0.15, -0.1) is 0 Å². The maximum Gasteiger partial charge on any atom is 0.259 e. The van der Waals surface area contributed by atoms with Crippen molar-refractivity contribution in [3.05, 3.63) is 46.4 Å². The highest BCUT2D eigenvalue weighted by molar-refractivity contribution is 7.97. The molecule has 0 unspecified atom stereocenters. The molecule has 1 amide bonds. The van der Waals surface area contributed by atoms with Gasteiger partial charge in [-0.1, -0.05) is 30.5 Å². The van der Waals surface area contributed by atoms with Gasteiger partial charge in [0.15, 0.2) is 11.0 Å². The Morgan fingerprint density at radius 2 is 2.00 bits per heavy atom. The van der Waals surface area contributed by atoms with Gasteiger partial charge in [0, 0.05) is 29.2 Å². The molecule has 2 aromatic rings. The molecule has 2 heterocycles. The summed E-state index contributed by atoms with van der Waals surface area (Å²) in [4.78, 5) is 20.1. The monoisotopic (exact) mass is 408 g/mol. The van der Waals surface area contributed by atoms with E-state index in [4.69, 9.17) is 16.7 Å². The SMILES string of the molecule is Cc1c(F)c(Cl)nc(N2CCCCCC2)c1C(=O)Nc1cccc(SN)c1. The van der Waals surface area contributed by atoms with Crippen molar-refractivity contribution in [3.8, 4) is 0 Å². The summed E-state index contributed by atoms with van der Waals surface area (Å²) in [6.45, 7) is 3.10. The molecule has 3 rings (SSSR count). The minimum Gasteiger partial charge on any atom is -0.356 e. The van der Waals surface area contributed by atoms with Crippen LogP contribution in [0.4, 0.5) is 15.9 Å². The Morgan fingerprint density at radius 3 is 2.67 bits per heavy atom. The van der Waals surface area contributed by atoms with Crippen molar-refractivity contribution in [3.63, 3.8) is 0 Å². The molecule has 1 aromatic carbocycles. The van der Waals surface area contributed by atoms with Crippen molar-refractivity contribution >= 4 is 41.0 Å². The number of anilines is 2. The van der Waals surface area contributed by atoms with Crippen molar-refractivity contribution in [1.82, 2.24) is 4.98 Å². The molecule has 144 valence electrons. The van der Waals surface area contributed by atoms with E-state index in [-0.39, 0.29) is 16.3 Å². The van der Waals surface area contributed by atoms with Crippen molar-refractivity contribution in [2.24, 2.45) is 5.14 Å². The molecule has 5 nitrogen and oxygen atoms in total. The van der Waals surface area contributed by atoms with Gasteiger partial charge in [0.2, 0.25) is 0 Å². The molecule has 0 radical (unpaired) electrons. The van der Waals surface area contributed by atoms with Crippen LogP contribution in [0.15, 0.2) is 29.2 Å². The molecule has 0 bridgehead atoms. The van der Waals surface area contributed by atoms with E-state index in [0.29, 0.717) is 11.5 Å². The number of hydrogen-bond acceptors (Lipinski definition) is 5. The second-order valence-electron chi connectivity index (χ2n) is 6.54.